The molecule has 0 saturated heterocycles. The lowest BCUT2D eigenvalue weighted by atomic mass is 10.1. The summed E-state index contributed by atoms with van der Waals surface area (Å²) in [5.74, 6) is 0.468. The van der Waals surface area contributed by atoms with Crippen LogP contribution in [0, 0.1) is 31.8 Å². The number of hydrogen-bond donors (Lipinski definition) is 1. The number of amides is 1. The van der Waals surface area contributed by atoms with E-state index in [2.05, 4.69) is 17.1 Å². The van der Waals surface area contributed by atoms with Crippen LogP contribution in [-0.2, 0) is 4.79 Å². The minimum atomic E-state index is -0.876. The molecule has 0 bridgehead atoms. The minimum absolute atomic E-state index is 0.234. The van der Waals surface area contributed by atoms with E-state index in [1.54, 1.807) is 24.3 Å². The third kappa shape index (κ3) is 5.59. The molecule has 1 N–H and O–H groups in total. The fraction of sp³-hybridized carbons (Fsp3) is 0.348. The maximum atomic E-state index is 12.9. The lowest BCUT2D eigenvalue weighted by Gasteiger charge is -2.20. The number of unbranched alkanes of at least 4 members (excludes halogenated alkanes) is 1. The van der Waals surface area contributed by atoms with Gasteiger partial charge in [0.05, 0.1) is 5.56 Å². The first kappa shape index (κ1) is 21.0. The van der Waals surface area contributed by atoms with Crippen LogP contribution in [0.15, 0.2) is 42.5 Å². The predicted octanol–water partition coefficient (Wildman–Crippen LogP) is 5.36. The fourth-order valence-electron chi connectivity index (χ4n) is 2.91. The average Bonchev–Trinajstić information content (AvgIpc) is 2.68. The van der Waals surface area contributed by atoms with Crippen molar-refractivity contribution in [1.29, 1.82) is 5.26 Å². The van der Waals surface area contributed by atoms with Crippen LogP contribution < -0.4 is 10.1 Å². The molecule has 2 aromatic carbocycles. The molecule has 5 nitrogen and oxygen atoms in total. The van der Waals surface area contributed by atoms with E-state index in [9.17, 15) is 4.79 Å². The van der Waals surface area contributed by atoms with Gasteiger partial charge in [0.15, 0.2) is 12.2 Å². The maximum absolute atomic E-state index is 12.9. The smallest absolute Gasteiger partial charge is 0.332 e. The number of nitrogens with zero attached hydrogens (tertiary/aromatic N) is 2. The summed E-state index contributed by atoms with van der Waals surface area (Å²) in [4.78, 5) is 16.2. The van der Waals surface area contributed by atoms with E-state index in [0.717, 1.165) is 24.0 Å². The largest absolute Gasteiger partial charge is 0.480 e. The number of benzene rings is 2. The van der Waals surface area contributed by atoms with Gasteiger partial charge in [-0.05, 0) is 56.5 Å². The Labute approximate surface area is 166 Å². The van der Waals surface area contributed by atoms with Gasteiger partial charge in [0.1, 0.15) is 5.75 Å². The molecule has 0 spiro atoms. The molecule has 144 valence electrons. The molecular formula is C23H25N3O2. The van der Waals surface area contributed by atoms with Crippen LogP contribution in [0.4, 0.5) is 5.69 Å². The van der Waals surface area contributed by atoms with Gasteiger partial charge >= 0.3 is 6.04 Å². The molecule has 2 rings (SSSR count). The Morgan fingerprint density at radius 2 is 2.07 bits per heavy atom. The zero-order chi connectivity index (χ0) is 20.5. The molecule has 0 saturated carbocycles. The Hall–Kier alpha value is -3.31. The first-order valence-corrected chi connectivity index (χ1v) is 9.39. The monoisotopic (exact) mass is 375 g/mol. The highest BCUT2D eigenvalue weighted by molar-refractivity contribution is 5.94. The second-order valence-corrected chi connectivity index (χ2v) is 6.79. The van der Waals surface area contributed by atoms with E-state index in [4.69, 9.17) is 16.6 Å². The molecular weight excluding hydrogens is 350 g/mol. The van der Waals surface area contributed by atoms with Gasteiger partial charge in [0, 0.05) is 5.69 Å². The van der Waals surface area contributed by atoms with Gasteiger partial charge in [-0.25, -0.2) is 6.57 Å². The van der Waals surface area contributed by atoms with Crippen LogP contribution in [0.3, 0.4) is 0 Å². The molecule has 0 aliphatic carbocycles. The molecule has 0 aliphatic rings. The summed E-state index contributed by atoms with van der Waals surface area (Å²) in [5, 5.41) is 11.9. The van der Waals surface area contributed by atoms with Crippen molar-refractivity contribution < 1.29 is 9.53 Å². The Morgan fingerprint density at radius 3 is 2.71 bits per heavy atom. The second kappa shape index (κ2) is 10.1. The van der Waals surface area contributed by atoms with Gasteiger partial charge in [-0.1, -0.05) is 37.1 Å². The Balaban J connectivity index is 2.18. The van der Waals surface area contributed by atoms with Crippen molar-refractivity contribution in [3.63, 3.8) is 0 Å². The molecule has 2 unspecified atom stereocenters. The first-order chi connectivity index (χ1) is 13.5. The third-order valence-corrected chi connectivity index (χ3v) is 4.43. The van der Waals surface area contributed by atoms with E-state index in [1.807, 2.05) is 38.1 Å². The van der Waals surface area contributed by atoms with Crippen molar-refractivity contribution in [2.24, 2.45) is 0 Å². The van der Waals surface area contributed by atoms with Crippen molar-refractivity contribution in [2.75, 3.05) is 5.32 Å². The minimum Gasteiger partial charge on any atom is -0.480 e. The van der Waals surface area contributed by atoms with Gasteiger partial charge in [0.25, 0.3) is 5.91 Å². The van der Waals surface area contributed by atoms with Crippen LogP contribution in [0.25, 0.3) is 4.85 Å². The SMILES string of the molecule is [C-]#[N+]C(C#N)c1cccc(NC(=O)C(CCCC)Oc2ccc(C)cc2C)c1. The summed E-state index contributed by atoms with van der Waals surface area (Å²) in [7, 11) is 0. The highest BCUT2D eigenvalue weighted by atomic mass is 16.5. The Morgan fingerprint density at radius 1 is 1.29 bits per heavy atom. The number of hydrogen-bond acceptors (Lipinski definition) is 3. The topological polar surface area (TPSA) is 66.5 Å². The predicted molar refractivity (Wildman–Crippen MR) is 110 cm³/mol. The van der Waals surface area contributed by atoms with Crippen molar-refractivity contribution in [1.82, 2.24) is 0 Å². The molecule has 0 radical (unpaired) electrons. The Kier molecular flexibility index (Phi) is 7.60. The molecule has 0 aliphatic heterocycles. The van der Waals surface area contributed by atoms with Crippen LogP contribution in [0.5, 0.6) is 5.75 Å². The van der Waals surface area contributed by atoms with Crippen LogP contribution >= 0.6 is 0 Å². The number of ether oxygens (including phenoxy) is 1. The highest BCUT2D eigenvalue weighted by Gasteiger charge is 2.22. The number of rotatable bonds is 8. The van der Waals surface area contributed by atoms with Crippen LogP contribution in [0.2, 0.25) is 0 Å². The summed E-state index contributed by atoms with van der Waals surface area (Å²) in [5.41, 5.74) is 3.25. The van der Waals surface area contributed by atoms with Gasteiger partial charge in [-0.15, -0.1) is 0 Å². The fourth-order valence-corrected chi connectivity index (χ4v) is 2.91. The number of aryl methyl sites for hydroxylation is 2. The van der Waals surface area contributed by atoms with Gasteiger partial charge in [-0.3, -0.25) is 9.64 Å². The zero-order valence-corrected chi connectivity index (χ0v) is 16.5. The van der Waals surface area contributed by atoms with Gasteiger partial charge in [0.2, 0.25) is 0 Å². The molecule has 0 heterocycles. The van der Waals surface area contributed by atoms with Crippen molar-refractivity contribution in [3.05, 3.63) is 70.6 Å². The molecule has 2 atom stereocenters. The molecule has 1 amide bonds. The lowest BCUT2D eigenvalue weighted by Crippen LogP contribution is -2.33. The molecule has 28 heavy (non-hydrogen) atoms. The quantitative estimate of drug-likeness (QED) is 0.631. The number of nitriles is 1. The summed E-state index contributed by atoms with van der Waals surface area (Å²) in [6.07, 6.45) is 1.83. The number of carbonyl (C=O) groups is 1. The van der Waals surface area contributed by atoms with E-state index < -0.39 is 12.1 Å². The summed E-state index contributed by atoms with van der Waals surface area (Å²) < 4.78 is 6.04. The van der Waals surface area contributed by atoms with Crippen molar-refractivity contribution in [2.45, 2.75) is 52.2 Å². The number of anilines is 1. The molecule has 2 aromatic rings. The van der Waals surface area contributed by atoms with Gasteiger partial charge in [-0.2, -0.15) is 5.26 Å². The highest BCUT2D eigenvalue weighted by Crippen LogP contribution is 2.23. The summed E-state index contributed by atoms with van der Waals surface area (Å²) in [6.45, 7) is 13.2. The summed E-state index contributed by atoms with van der Waals surface area (Å²) >= 11 is 0. The van der Waals surface area contributed by atoms with E-state index in [0.29, 0.717) is 23.4 Å². The lowest BCUT2D eigenvalue weighted by molar-refractivity contribution is -0.123. The molecule has 0 aromatic heterocycles. The van der Waals surface area contributed by atoms with E-state index in [-0.39, 0.29) is 5.91 Å². The van der Waals surface area contributed by atoms with Crippen molar-refractivity contribution >= 4 is 11.6 Å². The second-order valence-electron chi connectivity index (χ2n) is 6.79. The standard InChI is InChI=1S/C23H25N3O2/c1-5-6-10-22(28-21-12-11-16(2)13-17(21)3)23(27)26-19-9-7-8-18(14-19)20(15-24)25-4/h7-9,11-14,20,22H,5-6,10H2,1-3H3,(H,26,27). The van der Waals surface area contributed by atoms with Crippen LogP contribution in [-0.4, -0.2) is 12.0 Å². The van der Waals surface area contributed by atoms with E-state index >= 15 is 0 Å². The normalized spacial score (nSPS) is 12.3. The Bertz CT molecular complexity index is 895. The number of nitrogens with one attached hydrogen (secondary N) is 1. The zero-order valence-electron chi connectivity index (χ0n) is 16.5. The van der Waals surface area contributed by atoms with Crippen molar-refractivity contribution in [3.8, 4) is 11.8 Å². The van der Waals surface area contributed by atoms with Crippen LogP contribution in [0.1, 0.15) is 48.9 Å². The van der Waals surface area contributed by atoms with Gasteiger partial charge < -0.3 is 10.1 Å². The number of carbonyl (C=O) groups excluding carboxylic acids is 1. The summed E-state index contributed by atoms with van der Waals surface area (Å²) in [6, 6.07) is 13.8. The third-order valence-electron chi connectivity index (χ3n) is 4.43. The first-order valence-electron chi connectivity index (χ1n) is 9.39. The van der Waals surface area contributed by atoms with E-state index in [1.165, 1.54) is 0 Å². The maximum Gasteiger partial charge on any atom is 0.332 e. The molecule has 5 heteroatoms. The molecule has 0 fully saturated rings. The average molecular weight is 375 g/mol.